The van der Waals surface area contributed by atoms with Gasteiger partial charge in [-0.15, -0.1) is 0 Å². The average molecular weight is 356 g/mol. The van der Waals surface area contributed by atoms with Crippen LogP contribution >= 0.6 is 0 Å². The van der Waals surface area contributed by atoms with Gasteiger partial charge in [0.15, 0.2) is 0 Å². The van der Waals surface area contributed by atoms with Gasteiger partial charge in [0.25, 0.3) is 0 Å². The summed E-state index contributed by atoms with van der Waals surface area (Å²) in [5.41, 5.74) is 0.381. The zero-order valence-electron chi connectivity index (χ0n) is 8.68. The van der Waals surface area contributed by atoms with Crippen LogP contribution in [0.15, 0.2) is 36.4 Å². The Morgan fingerprint density at radius 3 is 1.41 bits per heavy atom. The number of aromatic carboxylic acids is 2. The van der Waals surface area contributed by atoms with Crippen molar-refractivity contribution in [2.24, 2.45) is 0 Å². The van der Waals surface area contributed by atoms with Gasteiger partial charge in [0.1, 0.15) is 0 Å². The Labute approximate surface area is 131 Å². The number of carbonyl (C=O) groups is 2. The van der Waals surface area contributed by atoms with E-state index in [0.717, 1.165) is 0 Å². The zero-order valence-corrected chi connectivity index (χ0v) is 11.8. The molecule has 0 fully saturated rings. The predicted molar refractivity (Wildman–Crippen MR) is 57.9 cm³/mol. The molecule has 2 N–H and O–H groups in total. The van der Waals surface area contributed by atoms with E-state index in [9.17, 15) is 9.59 Å². The zero-order chi connectivity index (χ0) is 11.7. The number of carboxylic acid groups (broad SMARTS) is 2. The van der Waals surface area contributed by atoms with Gasteiger partial charge in [-0.25, -0.2) is 9.59 Å². The molecular weight excluding hydrogens is 348 g/mol. The van der Waals surface area contributed by atoms with Crippen LogP contribution in [-0.4, -0.2) is 22.2 Å². The van der Waals surface area contributed by atoms with Gasteiger partial charge in [-0.3, -0.25) is 0 Å². The van der Waals surface area contributed by atoms with E-state index in [1.54, 1.807) is 12.1 Å². The SMILES string of the molecule is O=C(O)c1ccc2cc(C(=O)O)ccc2c1.[Ce]. The van der Waals surface area contributed by atoms with E-state index in [1.165, 1.54) is 24.3 Å². The summed E-state index contributed by atoms with van der Waals surface area (Å²) in [6, 6.07) is 9.15. The topological polar surface area (TPSA) is 74.6 Å². The van der Waals surface area contributed by atoms with Gasteiger partial charge in [0, 0.05) is 41.7 Å². The molecule has 2 rings (SSSR count). The van der Waals surface area contributed by atoms with Crippen LogP contribution in [-0.2, 0) is 0 Å². The quantitative estimate of drug-likeness (QED) is 0.866. The summed E-state index contributed by atoms with van der Waals surface area (Å²) in [6.45, 7) is 0. The molecule has 84 valence electrons. The maximum absolute atomic E-state index is 10.7. The largest absolute Gasteiger partial charge is 0.478 e. The fraction of sp³-hybridized carbons (Fsp3) is 0. The molecule has 2 aromatic rings. The smallest absolute Gasteiger partial charge is 0.335 e. The molecule has 4 nitrogen and oxygen atoms in total. The van der Waals surface area contributed by atoms with Crippen LogP contribution in [0, 0.1) is 41.7 Å². The van der Waals surface area contributed by atoms with Gasteiger partial charge in [0.2, 0.25) is 0 Å². The Morgan fingerprint density at radius 1 is 0.765 bits per heavy atom. The van der Waals surface area contributed by atoms with E-state index >= 15 is 0 Å². The van der Waals surface area contributed by atoms with Crippen LogP contribution < -0.4 is 0 Å². The average Bonchev–Trinajstić information content (AvgIpc) is 2.27. The van der Waals surface area contributed by atoms with Crippen LogP contribution in [0.3, 0.4) is 0 Å². The van der Waals surface area contributed by atoms with E-state index in [1.807, 2.05) is 0 Å². The molecule has 0 unspecified atom stereocenters. The van der Waals surface area contributed by atoms with Crippen LogP contribution in [0.1, 0.15) is 20.7 Å². The van der Waals surface area contributed by atoms with Crippen LogP contribution in [0.5, 0.6) is 0 Å². The first-order valence-corrected chi connectivity index (χ1v) is 4.58. The summed E-state index contributed by atoms with van der Waals surface area (Å²) in [5, 5.41) is 19.0. The van der Waals surface area contributed by atoms with Gasteiger partial charge in [-0.2, -0.15) is 0 Å². The van der Waals surface area contributed by atoms with Crippen molar-refractivity contribution in [2.75, 3.05) is 0 Å². The third-order valence-corrected chi connectivity index (χ3v) is 2.33. The summed E-state index contributed by atoms with van der Waals surface area (Å²) in [4.78, 5) is 21.5. The van der Waals surface area contributed by atoms with Gasteiger partial charge in [-0.05, 0) is 35.0 Å². The minimum absolute atomic E-state index is 0. The Morgan fingerprint density at radius 2 is 1.12 bits per heavy atom. The number of hydrogen-bond donors (Lipinski definition) is 2. The third-order valence-electron chi connectivity index (χ3n) is 2.33. The Kier molecular flexibility index (Phi) is 4.61. The Bertz CT molecular complexity index is 539. The van der Waals surface area contributed by atoms with E-state index in [0.29, 0.717) is 10.8 Å². The maximum atomic E-state index is 10.7. The molecule has 0 aliphatic carbocycles. The van der Waals surface area contributed by atoms with Crippen molar-refractivity contribution in [1.82, 2.24) is 0 Å². The summed E-state index contributed by atoms with van der Waals surface area (Å²) in [6.07, 6.45) is 0. The number of rotatable bonds is 2. The molecule has 0 aliphatic heterocycles. The van der Waals surface area contributed by atoms with Crippen molar-refractivity contribution < 1.29 is 61.5 Å². The molecule has 5 heteroatoms. The molecule has 0 saturated heterocycles. The standard InChI is InChI=1S/C12H8O4.Ce/c13-11(14)9-3-1-7-5-10(12(15)16)4-2-8(7)6-9;/h1-6H,(H,13,14)(H,15,16);. The molecule has 0 radical (unpaired) electrons. The minimum Gasteiger partial charge on any atom is -0.478 e. The van der Waals surface area contributed by atoms with Crippen LogP contribution in [0.4, 0.5) is 0 Å². The summed E-state index contributed by atoms with van der Waals surface area (Å²) in [5.74, 6) is -1.99. The molecule has 0 bridgehead atoms. The van der Waals surface area contributed by atoms with Crippen LogP contribution in [0.2, 0.25) is 0 Å². The minimum atomic E-state index is -0.996. The second-order valence-electron chi connectivity index (χ2n) is 3.39. The number of hydrogen-bond acceptors (Lipinski definition) is 2. The molecule has 2 aromatic carbocycles. The Hall–Kier alpha value is -0.983. The Balaban J connectivity index is 0.00000144. The number of fused-ring (bicyclic) bond motifs is 1. The first-order valence-electron chi connectivity index (χ1n) is 4.58. The van der Waals surface area contributed by atoms with E-state index < -0.39 is 11.9 Å². The normalized spacial score (nSPS) is 9.65. The predicted octanol–water partition coefficient (Wildman–Crippen LogP) is 2.24. The summed E-state index contributed by atoms with van der Waals surface area (Å²) in [7, 11) is 0. The molecule has 0 amide bonds. The van der Waals surface area contributed by atoms with E-state index in [-0.39, 0.29) is 52.9 Å². The maximum Gasteiger partial charge on any atom is 0.335 e. The van der Waals surface area contributed by atoms with Crippen LogP contribution in [0.25, 0.3) is 10.8 Å². The molecule has 0 heterocycles. The van der Waals surface area contributed by atoms with Crippen molar-refractivity contribution >= 4 is 22.7 Å². The first kappa shape index (κ1) is 14.1. The monoisotopic (exact) mass is 356 g/mol. The van der Waals surface area contributed by atoms with E-state index in [2.05, 4.69) is 0 Å². The van der Waals surface area contributed by atoms with Gasteiger partial charge >= 0.3 is 11.9 Å². The van der Waals surface area contributed by atoms with Crippen molar-refractivity contribution in [3.05, 3.63) is 47.5 Å². The van der Waals surface area contributed by atoms with E-state index in [4.69, 9.17) is 10.2 Å². The number of carboxylic acids is 2. The molecular formula is C12H8CeO4. The van der Waals surface area contributed by atoms with Crippen molar-refractivity contribution in [2.45, 2.75) is 0 Å². The second-order valence-corrected chi connectivity index (χ2v) is 3.39. The number of benzene rings is 2. The second kappa shape index (κ2) is 5.57. The fourth-order valence-electron chi connectivity index (χ4n) is 1.51. The molecule has 0 aromatic heterocycles. The molecule has 0 aliphatic rings. The van der Waals surface area contributed by atoms with Crippen molar-refractivity contribution in [3.63, 3.8) is 0 Å². The fourth-order valence-corrected chi connectivity index (χ4v) is 1.51. The third kappa shape index (κ3) is 3.02. The molecule has 0 saturated carbocycles. The van der Waals surface area contributed by atoms with Gasteiger partial charge in [0.05, 0.1) is 11.1 Å². The molecule has 0 spiro atoms. The molecule has 0 atom stereocenters. The van der Waals surface area contributed by atoms with Crippen molar-refractivity contribution in [3.8, 4) is 0 Å². The van der Waals surface area contributed by atoms with Gasteiger partial charge in [-0.1, -0.05) is 12.1 Å². The van der Waals surface area contributed by atoms with Crippen molar-refractivity contribution in [1.29, 1.82) is 0 Å². The summed E-state index contributed by atoms with van der Waals surface area (Å²) < 4.78 is 0. The molecule has 17 heavy (non-hydrogen) atoms. The van der Waals surface area contributed by atoms with Gasteiger partial charge < -0.3 is 10.2 Å². The summed E-state index contributed by atoms with van der Waals surface area (Å²) >= 11 is 0. The first-order chi connectivity index (χ1) is 7.58.